The number of aromatic nitrogens is 3. The Hall–Kier alpha value is -4.02. The molecule has 0 atom stereocenters. The first-order valence-corrected chi connectivity index (χ1v) is 13.4. The predicted octanol–water partition coefficient (Wildman–Crippen LogP) is 4.61. The molecule has 10 heteroatoms. The molecule has 0 bridgehead atoms. The highest BCUT2D eigenvalue weighted by molar-refractivity contribution is 8.18. The molecule has 0 unspecified atom stereocenters. The highest BCUT2D eigenvalue weighted by atomic mass is 32.2. The molecule has 0 aliphatic carbocycles. The van der Waals surface area contributed by atoms with E-state index < -0.39 is 0 Å². The molecular weight excluding hydrogens is 500 g/mol. The van der Waals surface area contributed by atoms with Gasteiger partial charge in [-0.1, -0.05) is 24.3 Å². The van der Waals surface area contributed by atoms with E-state index in [1.54, 1.807) is 24.5 Å². The van der Waals surface area contributed by atoms with Crippen LogP contribution in [0.15, 0.2) is 70.2 Å². The maximum absolute atomic E-state index is 11.8. The zero-order chi connectivity index (χ0) is 25.9. The maximum Gasteiger partial charge on any atom is 0.290 e. The summed E-state index contributed by atoms with van der Waals surface area (Å²) in [6.45, 7) is 3.35. The summed E-state index contributed by atoms with van der Waals surface area (Å²) < 4.78 is 6.05. The highest BCUT2D eigenvalue weighted by Gasteiger charge is 2.26. The Kier molecular flexibility index (Phi) is 6.89. The van der Waals surface area contributed by atoms with Crippen LogP contribution in [0, 0.1) is 5.92 Å². The van der Waals surface area contributed by atoms with Gasteiger partial charge in [0.1, 0.15) is 11.3 Å². The Morgan fingerprint density at radius 1 is 1.08 bits per heavy atom. The zero-order valence-electron chi connectivity index (χ0n) is 20.6. The van der Waals surface area contributed by atoms with Crippen molar-refractivity contribution in [1.29, 1.82) is 0 Å². The number of carbonyl (C=O) groups is 2. The maximum atomic E-state index is 11.8. The van der Waals surface area contributed by atoms with Gasteiger partial charge in [0.25, 0.3) is 11.1 Å². The molecule has 192 valence electrons. The summed E-state index contributed by atoms with van der Waals surface area (Å²) in [5.41, 5.74) is 3.46. The molecule has 5 heterocycles. The molecule has 2 aliphatic heterocycles. The van der Waals surface area contributed by atoms with Gasteiger partial charge in [-0.15, -0.1) is 0 Å². The van der Waals surface area contributed by atoms with Gasteiger partial charge in [0.15, 0.2) is 5.76 Å². The fourth-order valence-corrected chi connectivity index (χ4v) is 5.47. The molecule has 0 spiro atoms. The lowest BCUT2D eigenvalue weighted by atomic mass is 9.97. The summed E-state index contributed by atoms with van der Waals surface area (Å²) in [7, 11) is 0. The van der Waals surface area contributed by atoms with Crippen LogP contribution in [0.4, 0.5) is 10.7 Å². The Morgan fingerprint density at radius 3 is 2.76 bits per heavy atom. The van der Waals surface area contributed by atoms with E-state index in [-0.39, 0.29) is 11.1 Å². The Balaban J connectivity index is 1.03. The van der Waals surface area contributed by atoms with Gasteiger partial charge in [-0.3, -0.25) is 19.9 Å². The minimum absolute atomic E-state index is 0.349. The SMILES string of the molecule is O=C1NC(=O)/C(=C\c2ccnc(N3CCC(CNCc4cccnc4-c4cc5ccccc5o4)CC3)n2)S1. The lowest BCUT2D eigenvalue weighted by Gasteiger charge is -2.32. The van der Waals surface area contributed by atoms with Crippen molar-refractivity contribution >= 4 is 45.9 Å². The average Bonchev–Trinajstić information content (AvgIpc) is 3.51. The van der Waals surface area contributed by atoms with Gasteiger partial charge >= 0.3 is 0 Å². The number of amides is 2. The molecule has 0 radical (unpaired) electrons. The molecule has 3 aromatic heterocycles. The first-order valence-electron chi connectivity index (χ1n) is 12.6. The van der Waals surface area contributed by atoms with E-state index in [4.69, 9.17) is 4.42 Å². The second-order valence-electron chi connectivity index (χ2n) is 9.35. The van der Waals surface area contributed by atoms with Gasteiger partial charge in [0.2, 0.25) is 5.95 Å². The number of fused-ring (bicyclic) bond motifs is 1. The molecule has 6 rings (SSSR count). The monoisotopic (exact) mass is 526 g/mol. The van der Waals surface area contributed by atoms with E-state index in [0.29, 0.717) is 29.0 Å². The van der Waals surface area contributed by atoms with Crippen LogP contribution in [0.25, 0.3) is 28.5 Å². The van der Waals surface area contributed by atoms with Crippen LogP contribution in [0.2, 0.25) is 0 Å². The van der Waals surface area contributed by atoms with Gasteiger partial charge in [-0.2, -0.15) is 0 Å². The quantitative estimate of drug-likeness (QED) is 0.333. The van der Waals surface area contributed by atoms with Crippen molar-refractivity contribution in [3.63, 3.8) is 0 Å². The summed E-state index contributed by atoms with van der Waals surface area (Å²) in [6, 6.07) is 15.8. The van der Waals surface area contributed by atoms with Gasteiger partial charge in [0.05, 0.1) is 10.6 Å². The number of imide groups is 1. The number of benzene rings is 1. The van der Waals surface area contributed by atoms with Crippen LogP contribution in [0.3, 0.4) is 0 Å². The summed E-state index contributed by atoms with van der Waals surface area (Å²) >= 11 is 0.888. The number of pyridine rings is 1. The zero-order valence-corrected chi connectivity index (χ0v) is 21.4. The Bertz CT molecular complexity index is 1490. The minimum atomic E-state index is -0.385. The van der Waals surface area contributed by atoms with Crippen molar-refractivity contribution in [3.05, 3.63) is 77.1 Å². The number of anilines is 1. The Labute approximate surface area is 223 Å². The van der Waals surface area contributed by atoms with Crippen LogP contribution >= 0.6 is 11.8 Å². The number of carbonyl (C=O) groups excluding carboxylic acids is 2. The molecule has 1 aromatic carbocycles. The highest BCUT2D eigenvalue weighted by Crippen LogP contribution is 2.29. The van der Waals surface area contributed by atoms with Crippen molar-refractivity contribution in [3.8, 4) is 11.5 Å². The minimum Gasteiger partial charge on any atom is -0.454 e. The smallest absolute Gasteiger partial charge is 0.290 e. The summed E-state index contributed by atoms with van der Waals surface area (Å²) in [6.07, 6.45) is 7.17. The van der Waals surface area contributed by atoms with Crippen LogP contribution in [0.5, 0.6) is 0 Å². The summed E-state index contributed by atoms with van der Waals surface area (Å²) in [4.78, 5) is 39.4. The second-order valence-corrected chi connectivity index (χ2v) is 10.4. The number of thioether (sulfide) groups is 1. The van der Waals surface area contributed by atoms with Crippen LogP contribution in [0.1, 0.15) is 24.1 Å². The topological polar surface area (TPSA) is 113 Å². The van der Waals surface area contributed by atoms with E-state index in [0.717, 1.165) is 72.2 Å². The number of furan rings is 1. The normalized spacial score (nSPS) is 17.5. The van der Waals surface area contributed by atoms with Crippen molar-refractivity contribution in [2.75, 3.05) is 24.5 Å². The van der Waals surface area contributed by atoms with E-state index in [9.17, 15) is 9.59 Å². The fourth-order valence-electron chi connectivity index (χ4n) is 4.80. The van der Waals surface area contributed by atoms with Gasteiger partial charge < -0.3 is 14.6 Å². The fraction of sp³-hybridized carbons (Fsp3) is 0.250. The number of nitrogens with one attached hydrogen (secondary N) is 2. The number of para-hydroxylation sites is 1. The number of rotatable bonds is 7. The molecule has 2 fully saturated rings. The van der Waals surface area contributed by atoms with Crippen molar-refractivity contribution < 1.29 is 14.0 Å². The molecular formula is C28H26N6O3S. The van der Waals surface area contributed by atoms with Crippen molar-refractivity contribution in [2.24, 2.45) is 5.92 Å². The Morgan fingerprint density at radius 2 is 1.95 bits per heavy atom. The number of nitrogens with zero attached hydrogens (tertiary/aromatic N) is 4. The second kappa shape index (κ2) is 10.8. The molecule has 2 aliphatic rings. The third-order valence-electron chi connectivity index (χ3n) is 6.78. The molecule has 0 saturated carbocycles. The number of piperidine rings is 1. The van der Waals surface area contributed by atoms with Crippen LogP contribution in [-0.2, 0) is 11.3 Å². The molecule has 9 nitrogen and oxygen atoms in total. The van der Waals surface area contributed by atoms with Gasteiger partial charge in [-0.25, -0.2) is 9.97 Å². The lowest BCUT2D eigenvalue weighted by molar-refractivity contribution is -0.115. The summed E-state index contributed by atoms with van der Waals surface area (Å²) in [5.74, 6) is 1.59. The average molecular weight is 527 g/mol. The molecule has 4 aromatic rings. The largest absolute Gasteiger partial charge is 0.454 e. The third kappa shape index (κ3) is 5.32. The third-order valence-corrected chi connectivity index (χ3v) is 7.59. The standard InChI is InChI=1S/C28H26N6O3S/c35-26-24(38-28(36)33-26)15-21-7-11-31-27(32-21)34-12-8-18(9-13-34)16-29-17-20-5-3-10-30-25(20)23-14-19-4-1-2-6-22(19)37-23/h1-7,10-11,14-15,18,29H,8-9,12-13,16-17H2,(H,33,35,36)/b24-15+. The van der Waals surface area contributed by atoms with E-state index in [2.05, 4.69) is 36.6 Å². The van der Waals surface area contributed by atoms with E-state index in [1.165, 1.54) is 0 Å². The van der Waals surface area contributed by atoms with Crippen molar-refractivity contribution in [2.45, 2.75) is 19.4 Å². The lowest BCUT2D eigenvalue weighted by Crippen LogP contribution is -2.38. The number of hydrogen-bond donors (Lipinski definition) is 2. The van der Waals surface area contributed by atoms with Crippen LogP contribution in [-0.4, -0.2) is 45.7 Å². The van der Waals surface area contributed by atoms with Gasteiger partial charge in [-0.05, 0) is 73.0 Å². The molecule has 2 N–H and O–H groups in total. The molecule has 38 heavy (non-hydrogen) atoms. The first kappa shape index (κ1) is 24.3. The van der Waals surface area contributed by atoms with E-state index >= 15 is 0 Å². The molecule has 2 amide bonds. The van der Waals surface area contributed by atoms with Gasteiger partial charge in [0, 0.05) is 37.4 Å². The molecule has 2 saturated heterocycles. The first-order chi connectivity index (χ1) is 18.6. The summed E-state index contributed by atoms with van der Waals surface area (Å²) in [5, 5.41) is 6.59. The number of hydrogen-bond acceptors (Lipinski definition) is 9. The van der Waals surface area contributed by atoms with Crippen LogP contribution < -0.4 is 15.5 Å². The predicted molar refractivity (Wildman–Crippen MR) is 147 cm³/mol. The van der Waals surface area contributed by atoms with Crippen molar-refractivity contribution in [1.82, 2.24) is 25.6 Å². The van der Waals surface area contributed by atoms with E-state index in [1.807, 2.05) is 36.4 Å².